The molecule has 0 fully saturated rings. The van der Waals surface area contributed by atoms with Crippen LogP contribution < -0.4 is 10.1 Å². The van der Waals surface area contributed by atoms with Crippen LogP contribution in [-0.4, -0.2) is 22.3 Å². The summed E-state index contributed by atoms with van der Waals surface area (Å²) < 4.78 is 7.43. The van der Waals surface area contributed by atoms with Crippen LogP contribution in [0.3, 0.4) is 0 Å². The van der Waals surface area contributed by atoms with Gasteiger partial charge in [0.15, 0.2) is 0 Å². The van der Waals surface area contributed by atoms with Gasteiger partial charge in [-0.05, 0) is 44.4 Å². The predicted molar refractivity (Wildman–Crippen MR) is 84.0 cm³/mol. The number of carbonyl (C=O) groups excluding carboxylic acids is 1. The number of carbonyl (C=O) groups is 1. The Balaban J connectivity index is 1.72. The maximum atomic E-state index is 12.5. The highest BCUT2D eigenvalue weighted by molar-refractivity contribution is 5.95. The van der Waals surface area contributed by atoms with Crippen molar-refractivity contribution in [2.45, 2.75) is 39.3 Å². The Bertz CT molecular complexity index is 678. The van der Waals surface area contributed by atoms with Gasteiger partial charge in [-0.15, -0.1) is 0 Å². The van der Waals surface area contributed by atoms with Crippen molar-refractivity contribution in [3.8, 4) is 5.75 Å². The lowest BCUT2D eigenvalue weighted by Crippen LogP contribution is -2.27. The number of amides is 1. The van der Waals surface area contributed by atoms with E-state index in [1.807, 2.05) is 42.8 Å². The zero-order chi connectivity index (χ0) is 15.5. The van der Waals surface area contributed by atoms with Crippen molar-refractivity contribution in [1.82, 2.24) is 15.1 Å². The number of nitrogens with zero attached hydrogens (tertiary/aromatic N) is 2. The summed E-state index contributed by atoms with van der Waals surface area (Å²) in [4.78, 5) is 12.5. The summed E-state index contributed by atoms with van der Waals surface area (Å²) in [5.74, 6) is 0.769. The minimum absolute atomic E-state index is 0.0579. The predicted octanol–water partition coefficient (Wildman–Crippen LogP) is 2.72. The molecule has 1 aromatic heterocycles. The average Bonchev–Trinajstić information content (AvgIpc) is 3.10. The molecule has 1 amide bonds. The van der Waals surface area contributed by atoms with Crippen molar-refractivity contribution < 1.29 is 9.53 Å². The third kappa shape index (κ3) is 2.84. The summed E-state index contributed by atoms with van der Waals surface area (Å²) in [6.45, 7) is 5.48. The number of benzene rings is 1. The lowest BCUT2D eigenvalue weighted by atomic mass is 10.1. The summed E-state index contributed by atoms with van der Waals surface area (Å²) in [6, 6.07) is 7.75. The Morgan fingerprint density at radius 3 is 3.18 bits per heavy atom. The number of nitrogens with one attached hydrogen (secondary N) is 1. The van der Waals surface area contributed by atoms with Crippen molar-refractivity contribution >= 4 is 5.91 Å². The maximum absolute atomic E-state index is 12.5. The van der Waals surface area contributed by atoms with E-state index in [0.29, 0.717) is 12.2 Å². The lowest BCUT2D eigenvalue weighted by Gasteiger charge is -2.15. The minimum Gasteiger partial charge on any atom is -0.494 e. The van der Waals surface area contributed by atoms with E-state index in [0.717, 1.165) is 36.4 Å². The highest BCUT2D eigenvalue weighted by Crippen LogP contribution is 2.21. The second-order valence-corrected chi connectivity index (χ2v) is 5.53. The SMILES string of the molecule is CCOc1cccc(C(C)NC(=O)c2cnn3c2CCC3)c1. The molecule has 1 aliphatic heterocycles. The number of aryl methyl sites for hydroxylation is 1. The first-order valence-corrected chi connectivity index (χ1v) is 7.77. The molecule has 5 heteroatoms. The van der Waals surface area contributed by atoms with Gasteiger partial charge < -0.3 is 10.1 Å². The van der Waals surface area contributed by atoms with Crippen LogP contribution in [0.4, 0.5) is 0 Å². The van der Waals surface area contributed by atoms with Crippen LogP contribution in [0.15, 0.2) is 30.5 Å². The number of hydrogen-bond acceptors (Lipinski definition) is 3. The van der Waals surface area contributed by atoms with Gasteiger partial charge in [0.05, 0.1) is 30.1 Å². The molecular weight excluding hydrogens is 278 g/mol. The van der Waals surface area contributed by atoms with Crippen LogP contribution >= 0.6 is 0 Å². The molecule has 0 saturated carbocycles. The van der Waals surface area contributed by atoms with Gasteiger partial charge in [0, 0.05) is 6.54 Å². The molecule has 1 aromatic carbocycles. The zero-order valence-electron chi connectivity index (χ0n) is 13.0. The Kier molecular flexibility index (Phi) is 4.13. The fourth-order valence-corrected chi connectivity index (χ4v) is 2.85. The number of ether oxygens (including phenoxy) is 1. The van der Waals surface area contributed by atoms with Crippen LogP contribution in [0.2, 0.25) is 0 Å². The molecule has 1 atom stereocenters. The van der Waals surface area contributed by atoms with E-state index >= 15 is 0 Å². The van der Waals surface area contributed by atoms with Crippen LogP contribution in [0.25, 0.3) is 0 Å². The number of hydrogen-bond donors (Lipinski definition) is 1. The van der Waals surface area contributed by atoms with Crippen molar-refractivity contribution in [2.75, 3.05) is 6.61 Å². The van der Waals surface area contributed by atoms with Gasteiger partial charge in [-0.2, -0.15) is 5.10 Å². The monoisotopic (exact) mass is 299 g/mol. The molecule has 0 aliphatic carbocycles. The summed E-state index contributed by atoms with van der Waals surface area (Å²) in [5.41, 5.74) is 2.78. The van der Waals surface area contributed by atoms with Crippen LogP contribution in [0.1, 0.15) is 47.9 Å². The van der Waals surface area contributed by atoms with E-state index in [4.69, 9.17) is 4.74 Å². The van der Waals surface area contributed by atoms with Crippen molar-refractivity contribution in [3.05, 3.63) is 47.3 Å². The van der Waals surface area contributed by atoms with Gasteiger partial charge in [-0.25, -0.2) is 0 Å². The molecule has 0 radical (unpaired) electrons. The molecule has 116 valence electrons. The minimum atomic E-state index is -0.0788. The topological polar surface area (TPSA) is 56.1 Å². The molecule has 2 aromatic rings. The summed E-state index contributed by atoms with van der Waals surface area (Å²) in [5, 5.41) is 7.32. The first-order chi connectivity index (χ1) is 10.7. The van der Waals surface area contributed by atoms with Gasteiger partial charge >= 0.3 is 0 Å². The second kappa shape index (κ2) is 6.22. The van der Waals surface area contributed by atoms with Crippen molar-refractivity contribution in [2.24, 2.45) is 0 Å². The van der Waals surface area contributed by atoms with Gasteiger partial charge in [0.2, 0.25) is 0 Å². The number of aromatic nitrogens is 2. The van der Waals surface area contributed by atoms with Crippen molar-refractivity contribution in [3.63, 3.8) is 0 Å². The molecule has 1 aliphatic rings. The van der Waals surface area contributed by atoms with E-state index < -0.39 is 0 Å². The summed E-state index contributed by atoms with van der Waals surface area (Å²) >= 11 is 0. The van der Waals surface area contributed by atoms with Gasteiger partial charge in [0.25, 0.3) is 5.91 Å². The third-order valence-electron chi connectivity index (χ3n) is 3.99. The summed E-state index contributed by atoms with van der Waals surface area (Å²) in [7, 11) is 0. The average molecular weight is 299 g/mol. The third-order valence-corrected chi connectivity index (χ3v) is 3.99. The first-order valence-electron chi connectivity index (χ1n) is 7.77. The van der Waals surface area contributed by atoms with Crippen LogP contribution in [-0.2, 0) is 13.0 Å². The largest absolute Gasteiger partial charge is 0.494 e. The maximum Gasteiger partial charge on any atom is 0.255 e. The molecule has 0 saturated heterocycles. The highest BCUT2D eigenvalue weighted by Gasteiger charge is 2.22. The Labute approximate surface area is 130 Å². The van der Waals surface area contributed by atoms with E-state index in [1.165, 1.54) is 0 Å². The van der Waals surface area contributed by atoms with Crippen LogP contribution in [0.5, 0.6) is 5.75 Å². The normalized spacial score (nSPS) is 14.5. The van der Waals surface area contributed by atoms with E-state index in [2.05, 4.69) is 10.4 Å². The van der Waals surface area contributed by atoms with E-state index in [9.17, 15) is 4.79 Å². The quantitative estimate of drug-likeness (QED) is 0.923. The van der Waals surface area contributed by atoms with E-state index in [1.54, 1.807) is 6.20 Å². The molecule has 0 spiro atoms. The summed E-state index contributed by atoms with van der Waals surface area (Å²) in [6.07, 6.45) is 3.67. The van der Waals surface area contributed by atoms with E-state index in [-0.39, 0.29) is 11.9 Å². The first kappa shape index (κ1) is 14.6. The van der Waals surface area contributed by atoms with Crippen LogP contribution in [0, 0.1) is 0 Å². The van der Waals surface area contributed by atoms with Gasteiger partial charge in [-0.1, -0.05) is 12.1 Å². The molecule has 2 heterocycles. The fraction of sp³-hybridized carbons (Fsp3) is 0.412. The molecule has 1 N–H and O–H groups in total. The zero-order valence-corrected chi connectivity index (χ0v) is 13.0. The highest BCUT2D eigenvalue weighted by atomic mass is 16.5. The molecule has 3 rings (SSSR count). The lowest BCUT2D eigenvalue weighted by molar-refractivity contribution is 0.0939. The van der Waals surface area contributed by atoms with Crippen molar-refractivity contribution in [1.29, 1.82) is 0 Å². The standard InChI is InChI=1S/C17H21N3O2/c1-3-22-14-7-4-6-13(10-14)12(2)19-17(21)15-11-18-20-9-5-8-16(15)20/h4,6-7,10-12H,3,5,8-9H2,1-2H3,(H,19,21). The molecular formula is C17H21N3O2. The molecule has 1 unspecified atom stereocenters. The molecule has 0 bridgehead atoms. The smallest absolute Gasteiger partial charge is 0.255 e. The molecule has 22 heavy (non-hydrogen) atoms. The van der Waals surface area contributed by atoms with Gasteiger partial charge in [0.1, 0.15) is 5.75 Å². The Morgan fingerprint density at radius 1 is 1.50 bits per heavy atom. The fourth-order valence-electron chi connectivity index (χ4n) is 2.85. The number of rotatable bonds is 5. The molecule has 5 nitrogen and oxygen atoms in total. The van der Waals surface area contributed by atoms with Gasteiger partial charge in [-0.3, -0.25) is 9.48 Å². The Morgan fingerprint density at radius 2 is 2.36 bits per heavy atom. The number of fused-ring (bicyclic) bond motifs is 1. The Hall–Kier alpha value is -2.30. The second-order valence-electron chi connectivity index (χ2n) is 5.53.